The Morgan fingerprint density at radius 1 is 1.18 bits per heavy atom. The number of benzene rings is 1. The topological polar surface area (TPSA) is 157 Å². The smallest absolute Gasteiger partial charge is 0.433 e. The van der Waals surface area contributed by atoms with Crippen molar-refractivity contribution in [1.82, 2.24) is 20.5 Å². The molecule has 0 unspecified atom stereocenters. The first-order chi connectivity index (χ1) is 18.6. The lowest BCUT2D eigenvalue weighted by atomic mass is 10.0. The molecule has 3 rings (SSSR count). The normalized spacial score (nSPS) is 12.6. The molecule has 1 atom stereocenters. The van der Waals surface area contributed by atoms with Crippen LogP contribution in [0.1, 0.15) is 49.0 Å². The van der Waals surface area contributed by atoms with Crippen LogP contribution >= 0.6 is 11.3 Å². The van der Waals surface area contributed by atoms with Gasteiger partial charge in [-0.25, -0.2) is 4.79 Å². The number of carbonyl (C=O) groups is 2. The molecule has 2 N–H and O–H groups in total. The van der Waals surface area contributed by atoms with Crippen LogP contribution in [0.4, 0.5) is 23.7 Å². The van der Waals surface area contributed by atoms with Gasteiger partial charge in [-0.1, -0.05) is 17.4 Å². The molecule has 3 aromatic rings. The summed E-state index contributed by atoms with van der Waals surface area (Å²) in [7, 11) is 0. The van der Waals surface area contributed by atoms with Crippen LogP contribution in [0.15, 0.2) is 36.5 Å². The Morgan fingerprint density at radius 2 is 1.90 bits per heavy atom. The first kappa shape index (κ1) is 30.4. The van der Waals surface area contributed by atoms with E-state index in [1.165, 1.54) is 35.6 Å². The number of carboxylic acids is 1. The summed E-state index contributed by atoms with van der Waals surface area (Å²) in [5.41, 5.74) is -1.13. The molecule has 1 amide bonds. The summed E-state index contributed by atoms with van der Waals surface area (Å²) in [5.74, 6) is -1.22. The SMILES string of the molecule is CC(C)(C)OC(=O)N[C@H](CCc1nnc(-c2ccc([N+](=O)[O-])c(CC(=O)O)c2)s1)Cc1ccc(C(F)(F)F)nc1. The Bertz CT molecular complexity index is 1370. The van der Waals surface area contributed by atoms with Crippen molar-refractivity contribution >= 4 is 29.1 Å². The van der Waals surface area contributed by atoms with Gasteiger partial charge in [-0.3, -0.25) is 19.9 Å². The average molecular weight is 582 g/mol. The van der Waals surface area contributed by atoms with Crippen molar-refractivity contribution in [2.75, 3.05) is 0 Å². The van der Waals surface area contributed by atoms with E-state index in [9.17, 15) is 32.9 Å². The zero-order valence-electron chi connectivity index (χ0n) is 21.7. The summed E-state index contributed by atoms with van der Waals surface area (Å²) in [6.45, 7) is 5.10. The number of carbonyl (C=O) groups excluding carboxylic acids is 1. The van der Waals surface area contributed by atoms with E-state index in [0.717, 1.165) is 12.3 Å². The molecule has 0 saturated carbocycles. The molecule has 0 aliphatic carbocycles. The Labute approximate surface area is 230 Å². The lowest BCUT2D eigenvalue weighted by Crippen LogP contribution is -2.40. The molecule has 40 heavy (non-hydrogen) atoms. The molecular weight excluding hydrogens is 555 g/mol. The number of hydrogen-bond acceptors (Lipinski definition) is 9. The van der Waals surface area contributed by atoms with Crippen LogP contribution in [0.2, 0.25) is 0 Å². The number of carboxylic acid groups (broad SMARTS) is 1. The van der Waals surface area contributed by atoms with E-state index in [1.807, 2.05) is 0 Å². The number of ether oxygens (including phenoxy) is 1. The standard InChI is InChI=1S/C25H26F3N5O6S/c1-24(2,3)39-23(36)30-17(10-14-4-8-19(29-13-14)25(26,27)28)6-9-20-31-32-22(40-20)15-5-7-18(33(37)38)16(11-15)12-21(34)35/h4-5,7-8,11,13,17H,6,9-10,12H2,1-3H3,(H,30,36)(H,34,35)/t17-/m1/s1. The number of alkyl halides is 3. The fraction of sp³-hybridized carbons (Fsp3) is 0.400. The highest BCUT2D eigenvalue weighted by Crippen LogP contribution is 2.30. The molecule has 11 nitrogen and oxygen atoms in total. The third-order valence-corrected chi connectivity index (χ3v) is 6.39. The molecule has 0 aliphatic rings. The first-order valence-electron chi connectivity index (χ1n) is 11.9. The van der Waals surface area contributed by atoms with Gasteiger partial charge in [-0.05, 0) is 57.4 Å². The monoisotopic (exact) mass is 581 g/mol. The summed E-state index contributed by atoms with van der Waals surface area (Å²) in [6.07, 6.45) is -3.84. The highest BCUT2D eigenvalue weighted by molar-refractivity contribution is 7.14. The number of aromatic nitrogens is 3. The van der Waals surface area contributed by atoms with Crippen molar-refractivity contribution in [3.8, 4) is 10.6 Å². The van der Waals surface area contributed by atoms with Crippen LogP contribution in [0, 0.1) is 10.1 Å². The fourth-order valence-corrected chi connectivity index (χ4v) is 4.52. The number of pyridine rings is 1. The van der Waals surface area contributed by atoms with Gasteiger partial charge in [0.15, 0.2) is 0 Å². The minimum absolute atomic E-state index is 0.0264. The molecule has 2 heterocycles. The van der Waals surface area contributed by atoms with E-state index in [0.29, 0.717) is 34.0 Å². The van der Waals surface area contributed by atoms with Gasteiger partial charge in [0.1, 0.15) is 21.3 Å². The van der Waals surface area contributed by atoms with Crippen LogP contribution in [0.25, 0.3) is 10.6 Å². The third-order valence-electron chi connectivity index (χ3n) is 5.36. The molecule has 0 aliphatic heterocycles. The summed E-state index contributed by atoms with van der Waals surface area (Å²) in [4.78, 5) is 37.6. The summed E-state index contributed by atoms with van der Waals surface area (Å²) in [5, 5.41) is 32.3. The van der Waals surface area contributed by atoms with Gasteiger partial charge in [-0.2, -0.15) is 13.2 Å². The maximum Gasteiger partial charge on any atom is 0.433 e. The van der Waals surface area contributed by atoms with Crippen molar-refractivity contribution < 1.29 is 37.5 Å². The summed E-state index contributed by atoms with van der Waals surface area (Å²) < 4.78 is 43.9. The van der Waals surface area contributed by atoms with Crippen molar-refractivity contribution in [3.05, 3.63) is 68.5 Å². The lowest BCUT2D eigenvalue weighted by molar-refractivity contribution is -0.385. The van der Waals surface area contributed by atoms with Crippen molar-refractivity contribution in [2.24, 2.45) is 0 Å². The zero-order valence-corrected chi connectivity index (χ0v) is 22.5. The van der Waals surface area contributed by atoms with E-state index in [2.05, 4.69) is 20.5 Å². The van der Waals surface area contributed by atoms with Crippen LogP contribution < -0.4 is 5.32 Å². The van der Waals surface area contributed by atoms with Gasteiger partial charge in [0.05, 0.1) is 11.3 Å². The largest absolute Gasteiger partial charge is 0.481 e. The minimum atomic E-state index is -4.57. The van der Waals surface area contributed by atoms with E-state index >= 15 is 0 Å². The number of nitrogens with one attached hydrogen (secondary N) is 1. The van der Waals surface area contributed by atoms with Crippen molar-refractivity contribution in [2.45, 2.75) is 64.3 Å². The molecule has 0 fully saturated rings. The van der Waals surface area contributed by atoms with Gasteiger partial charge in [0.2, 0.25) is 0 Å². The van der Waals surface area contributed by atoms with Crippen LogP contribution in [0.5, 0.6) is 0 Å². The number of hydrogen-bond donors (Lipinski definition) is 2. The third kappa shape index (κ3) is 8.97. The number of nitrogens with zero attached hydrogens (tertiary/aromatic N) is 4. The molecule has 0 spiro atoms. The quantitative estimate of drug-likeness (QED) is 0.242. The second-order valence-electron chi connectivity index (χ2n) is 9.81. The van der Waals surface area contributed by atoms with E-state index in [1.54, 1.807) is 20.8 Å². The number of aryl methyl sites for hydroxylation is 1. The van der Waals surface area contributed by atoms with Crippen molar-refractivity contribution in [3.63, 3.8) is 0 Å². The lowest BCUT2D eigenvalue weighted by Gasteiger charge is -2.23. The zero-order chi connectivity index (χ0) is 29.7. The summed E-state index contributed by atoms with van der Waals surface area (Å²) in [6, 6.07) is 5.70. The highest BCUT2D eigenvalue weighted by atomic mass is 32.1. The van der Waals surface area contributed by atoms with E-state index in [-0.39, 0.29) is 17.7 Å². The highest BCUT2D eigenvalue weighted by Gasteiger charge is 2.32. The van der Waals surface area contributed by atoms with Gasteiger partial charge >= 0.3 is 18.2 Å². The minimum Gasteiger partial charge on any atom is -0.481 e. The Balaban J connectivity index is 1.76. The number of alkyl carbamates (subject to hydrolysis) is 1. The van der Waals surface area contributed by atoms with Crippen LogP contribution in [-0.4, -0.2) is 48.9 Å². The van der Waals surface area contributed by atoms with Crippen LogP contribution in [-0.2, 0) is 35.0 Å². The van der Waals surface area contributed by atoms with Crippen molar-refractivity contribution in [1.29, 1.82) is 0 Å². The number of aliphatic carboxylic acids is 1. The first-order valence-corrected chi connectivity index (χ1v) is 12.8. The maximum absolute atomic E-state index is 12.9. The molecule has 0 radical (unpaired) electrons. The van der Waals surface area contributed by atoms with Gasteiger partial charge in [-0.15, -0.1) is 10.2 Å². The molecular formula is C25H26F3N5O6S. The number of rotatable bonds is 10. The molecule has 2 aromatic heterocycles. The predicted molar refractivity (Wildman–Crippen MR) is 138 cm³/mol. The fourth-order valence-electron chi connectivity index (χ4n) is 3.67. The van der Waals surface area contributed by atoms with E-state index in [4.69, 9.17) is 9.84 Å². The maximum atomic E-state index is 12.9. The number of halogens is 3. The molecule has 214 valence electrons. The molecule has 0 bridgehead atoms. The van der Waals surface area contributed by atoms with Crippen LogP contribution in [0.3, 0.4) is 0 Å². The molecule has 15 heteroatoms. The molecule has 1 aromatic carbocycles. The second kappa shape index (κ2) is 12.4. The Hall–Kier alpha value is -4.14. The van der Waals surface area contributed by atoms with Gasteiger partial charge in [0.25, 0.3) is 5.69 Å². The number of nitro groups is 1. The average Bonchev–Trinajstić information content (AvgIpc) is 3.29. The number of nitro benzene ring substituents is 1. The Morgan fingerprint density at radius 3 is 2.48 bits per heavy atom. The Kier molecular flexibility index (Phi) is 9.40. The summed E-state index contributed by atoms with van der Waals surface area (Å²) >= 11 is 1.19. The van der Waals surface area contributed by atoms with E-state index < -0.39 is 46.9 Å². The molecule has 0 saturated heterocycles. The second-order valence-corrected chi connectivity index (χ2v) is 10.9. The predicted octanol–water partition coefficient (Wildman–Crippen LogP) is 5.22. The van der Waals surface area contributed by atoms with Gasteiger partial charge in [0, 0.05) is 35.9 Å². The van der Waals surface area contributed by atoms with Gasteiger partial charge < -0.3 is 15.2 Å². The number of amides is 1.